The van der Waals surface area contributed by atoms with E-state index in [4.69, 9.17) is 28.4 Å². The fraction of sp³-hybridized carbons (Fsp3) is 0.910. The van der Waals surface area contributed by atoms with E-state index in [0.29, 0.717) is 12.8 Å². The maximum absolute atomic E-state index is 13.5. The zero-order valence-corrected chi connectivity index (χ0v) is 62.5. The van der Waals surface area contributed by atoms with Crippen molar-refractivity contribution in [2.75, 3.05) is 26.4 Å². The van der Waals surface area contributed by atoms with Crippen LogP contribution in [0.15, 0.2) is 24.3 Å². The molecule has 3 aliphatic heterocycles. The van der Waals surface area contributed by atoms with Crippen molar-refractivity contribution in [1.29, 1.82) is 0 Å². The highest BCUT2D eigenvalue weighted by Gasteiger charge is 2.60. The number of aliphatic carboxylic acids is 1. The fourth-order valence-electron chi connectivity index (χ4n) is 14.0. The molecule has 0 saturated carbocycles. The minimum Gasteiger partial charge on any atom is -0.477 e. The van der Waals surface area contributed by atoms with Crippen LogP contribution in [0, 0.1) is 0 Å². The summed E-state index contributed by atoms with van der Waals surface area (Å²) in [6.07, 6.45) is 33.6. The minimum absolute atomic E-state index is 0.202. The molecule has 592 valence electrons. The maximum Gasteiger partial charge on any atom is 0.364 e. The van der Waals surface area contributed by atoms with E-state index >= 15 is 0 Å². The van der Waals surface area contributed by atoms with Crippen LogP contribution in [0.3, 0.4) is 0 Å². The second kappa shape index (κ2) is 57.4. The highest BCUT2D eigenvalue weighted by Crippen LogP contribution is 2.39. The van der Waals surface area contributed by atoms with Crippen molar-refractivity contribution in [2.24, 2.45) is 0 Å². The number of carbonyl (C=O) groups excluding carboxylic acids is 2. The molecule has 0 aromatic rings. The zero-order valence-electron chi connectivity index (χ0n) is 62.5. The monoisotopic (exact) mass is 1450 g/mol. The van der Waals surface area contributed by atoms with Gasteiger partial charge in [0, 0.05) is 19.8 Å². The van der Waals surface area contributed by atoms with Crippen LogP contribution in [0.2, 0.25) is 0 Å². The average molecular weight is 1450 g/mol. The van der Waals surface area contributed by atoms with Gasteiger partial charge < -0.3 is 100 Å². The molecule has 2 amide bonds. The van der Waals surface area contributed by atoms with Crippen LogP contribution < -0.4 is 10.6 Å². The van der Waals surface area contributed by atoms with Crippen LogP contribution in [0.1, 0.15) is 316 Å². The Morgan fingerprint density at radius 2 is 0.931 bits per heavy atom. The molecule has 0 aliphatic carbocycles. The van der Waals surface area contributed by atoms with E-state index in [0.717, 1.165) is 51.9 Å². The molecule has 3 saturated heterocycles. The molecule has 0 spiro atoms. The van der Waals surface area contributed by atoms with Gasteiger partial charge >= 0.3 is 5.97 Å². The van der Waals surface area contributed by atoms with E-state index in [2.05, 4.69) is 36.6 Å². The molecule has 18 atom stereocenters. The number of carboxylic acid groups (broad SMARTS) is 1. The molecular formula is C78H144N2O21. The summed E-state index contributed by atoms with van der Waals surface area (Å²) in [6.45, 7) is 2.18. The molecule has 14 N–H and O–H groups in total. The number of carbonyl (C=O) groups is 3. The summed E-state index contributed by atoms with van der Waals surface area (Å²) in [4.78, 5) is 38.7. The molecule has 18 unspecified atom stereocenters. The Morgan fingerprint density at radius 3 is 1.35 bits per heavy atom. The number of aliphatic hydroxyl groups is 11. The second-order valence-electron chi connectivity index (χ2n) is 29.3. The largest absolute Gasteiger partial charge is 0.477 e. The van der Waals surface area contributed by atoms with Crippen LogP contribution in [0.5, 0.6) is 0 Å². The molecule has 0 aromatic carbocycles. The van der Waals surface area contributed by atoms with Gasteiger partial charge in [0.25, 0.3) is 5.79 Å². The van der Waals surface area contributed by atoms with Gasteiger partial charge in [0.1, 0.15) is 67.1 Å². The van der Waals surface area contributed by atoms with Crippen molar-refractivity contribution in [2.45, 2.75) is 426 Å². The predicted molar refractivity (Wildman–Crippen MR) is 389 cm³/mol. The quantitative estimate of drug-likeness (QED) is 0.0199. The number of nitrogens with one attached hydrogen (secondary N) is 2. The third kappa shape index (κ3) is 38.0. The first kappa shape index (κ1) is 92.4. The number of ether oxygens (including phenoxy) is 6. The first-order valence-electron chi connectivity index (χ1n) is 40.2. The van der Waals surface area contributed by atoms with E-state index in [1.165, 1.54) is 225 Å². The molecule has 3 rings (SSSR count). The van der Waals surface area contributed by atoms with Crippen LogP contribution in [-0.2, 0) is 42.8 Å². The summed E-state index contributed by atoms with van der Waals surface area (Å²) in [5.41, 5.74) is 0. The van der Waals surface area contributed by atoms with Crippen LogP contribution in [0.4, 0.5) is 0 Å². The normalized spacial score (nSPS) is 26.9. The van der Waals surface area contributed by atoms with E-state index in [9.17, 15) is 75.7 Å². The smallest absolute Gasteiger partial charge is 0.364 e. The van der Waals surface area contributed by atoms with Crippen LogP contribution >= 0.6 is 0 Å². The van der Waals surface area contributed by atoms with E-state index in [-0.39, 0.29) is 12.3 Å². The molecule has 3 heterocycles. The molecular weight excluding hydrogens is 1300 g/mol. The Hall–Kier alpha value is -2.79. The lowest BCUT2D eigenvalue weighted by Gasteiger charge is -2.50. The van der Waals surface area contributed by atoms with Gasteiger partial charge in [0.2, 0.25) is 11.8 Å². The van der Waals surface area contributed by atoms with Crippen molar-refractivity contribution in [3.63, 3.8) is 0 Å². The standard InChI is InChI=1S/C78H144N2O21/c1-4-6-8-10-12-14-16-18-20-22-24-25-26-27-28-29-30-31-32-34-36-38-40-42-44-46-48-50-52-65(88)80-59(60(85)51-49-47-45-43-41-39-37-35-33-23-21-19-17-15-13-11-9-7-5-2)57-96-75-70(92)69(91)72(64(56-83)98-75)99-76-71(93)74(68(90)63(55-82)97-76)101-78(77(94)95)53-61(86)66(79-58(3)84)73(100-78)67(89)62(87)54-81/h27-28,49,51,59-64,66-76,81-83,85-87,89-93H,4-26,29-48,50,52-57H2,1-3H3,(H,79,84)(H,80,88)(H,94,95)/b28-27-,51-49+. The molecule has 23 nitrogen and oxygen atoms in total. The highest BCUT2D eigenvalue weighted by molar-refractivity contribution is 5.77. The Kier molecular flexibility index (Phi) is 52.5. The number of amides is 2. The van der Waals surface area contributed by atoms with E-state index in [1.807, 2.05) is 6.08 Å². The van der Waals surface area contributed by atoms with Crippen molar-refractivity contribution >= 4 is 17.8 Å². The molecule has 101 heavy (non-hydrogen) atoms. The summed E-state index contributed by atoms with van der Waals surface area (Å²) < 4.78 is 34.9. The number of carboxylic acids is 1. The minimum atomic E-state index is -3.08. The third-order valence-electron chi connectivity index (χ3n) is 20.4. The highest BCUT2D eigenvalue weighted by atomic mass is 16.8. The van der Waals surface area contributed by atoms with Gasteiger partial charge in [0.05, 0.1) is 50.7 Å². The lowest BCUT2D eigenvalue weighted by atomic mass is 9.88. The summed E-state index contributed by atoms with van der Waals surface area (Å²) in [6, 6.07) is -2.62. The summed E-state index contributed by atoms with van der Waals surface area (Å²) in [5, 5.41) is 136. The maximum atomic E-state index is 13.5. The van der Waals surface area contributed by atoms with Crippen molar-refractivity contribution in [1.82, 2.24) is 10.6 Å². The van der Waals surface area contributed by atoms with Gasteiger partial charge in [-0.1, -0.05) is 276 Å². The fourth-order valence-corrected chi connectivity index (χ4v) is 14.0. The SMILES string of the molecule is CCCCCCCCCCCCCC/C=C\CCCCCCCCCCCCCCC(=O)NC(COC1OC(CO)C(OC2OC(CO)C(O)C(OC3(C(=O)O)CC(O)C(NC(C)=O)C(C(O)C(O)CO)O3)C2O)C(O)C1O)C(O)/C=C/CCCCCCCCCCCCCCCCCCC. The van der Waals surface area contributed by atoms with Gasteiger partial charge in [0.15, 0.2) is 12.6 Å². The van der Waals surface area contributed by atoms with Gasteiger partial charge in [-0.15, -0.1) is 0 Å². The number of allylic oxidation sites excluding steroid dienone is 3. The molecule has 3 aliphatic rings. The Bertz CT molecular complexity index is 2110. The Balaban J connectivity index is 1.51. The zero-order chi connectivity index (χ0) is 73.9. The number of aliphatic hydroxyl groups excluding tert-OH is 11. The predicted octanol–water partition coefficient (Wildman–Crippen LogP) is 10.4. The number of hydrogen-bond donors (Lipinski definition) is 14. The molecule has 23 heteroatoms. The van der Waals surface area contributed by atoms with Gasteiger partial charge in [-0.2, -0.15) is 0 Å². The summed E-state index contributed by atoms with van der Waals surface area (Å²) in [5.74, 6) is -6.14. The lowest BCUT2D eigenvalue weighted by Crippen LogP contribution is -2.70. The van der Waals surface area contributed by atoms with Gasteiger partial charge in [-0.05, 0) is 44.9 Å². The van der Waals surface area contributed by atoms with Gasteiger partial charge in [-0.25, -0.2) is 4.79 Å². The molecule has 3 fully saturated rings. The summed E-state index contributed by atoms with van der Waals surface area (Å²) >= 11 is 0. The average Bonchev–Trinajstić information content (AvgIpc) is 0.756. The number of unbranched alkanes of at least 4 members (excludes halogenated alkanes) is 41. The van der Waals surface area contributed by atoms with Gasteiger partial charge in [-0.3, -0.25) is 9.59 Å². The first-order valence-corrected chi connectivity index (χ1v) is 40.2. The molecule has 0 radical (unpaired) electrons. The van der Waals surface area contributed by atoms with Crippen molar-refractivity contribution in [3.8, 4) is 0 Å². The van der Waals surface area contributed by atoms with Crippen molar-refractivity contribution in [3.05, 3.63) is 24.3 Å². The third-order valence-corrected chi connectivity index (χ3v) is 20.4. The number of hydrogen-bond acceptors (Lipinski definition) is 20. The summed E-state index contributed by atoms with van der Waals surface area (Å²) in [7, 11) is 0. The Labute approximate surface area is 606 Å². The van der Waals surface area contributed by atoms with Crippen molar-refractivity contribution < 1.29 is 104 Å². The topological polar surface area (TPSA) is 373 Å². The number of rotatable bonds is 63. The van der Waals surface area contributed by atoms with E-state index < -0.39 is 155 Å². The van der Waals surface area contributed by atoms with E-state index in [1.54, 1.807) is 6.08 Å². The molecule has 0 bridgehead atoms. The first-order chi connectivity index (χ1) is 48.9. The second-order valence-corrected chi connectivity index (χ2v) is 29.3. The van der Waals surface area contributed by atoms with Crippen LogP contribution in [-0.4, -0.2) is 215 Å². The molecule has 0 aromatic heterocycles. The van der Waals surface area contributed by atoms with Crippen LogP contribution in [0.25, 0.3) is 0 Å². The lowest BCUT2D eigenvalue weighted by molar-refractivity contribution is -0.386. The Morgan fingerprint density at radius 1 is 0.515 bits per heavy atom.